The molecule has 0 saturated carbocycles. The van der Waals surface area contributed by atoms with Gasteiger partial charge >= 0.3 is 6.09 Å². The average Bonchev–Trinajstić information content (AvgIpc) is 2.28. The number of hydrogen-bond donors (Lipinski definition) is 2. The van der Waals surface area contributed by atoms with E-state index in [0.717, 1.165) is 30.4 Å². The van der Waals surface area contributed by atoms with E-state index in [4.69, 9.17) is 11.5 Å². The fourth-order valence-corrected chi connectivity index (χ4v) is 1.79. The molecule has 0 saturated heterocycles. The van der Waals surface area contributed by atoms with Crippen molar-refractivity contribution in [3.8, 4) is 12.3 Å². The summed E-state index contributed by atoms with van der Waals surface area (Å²) in [5.41, 5.74) is 2.71. The standard InChI is InChI=1S/C14H17NO2/c1-3-5-9-12-11(7-4-2)8-6-10-13(12)15-14(16)17/h2,6,8,10,15H,3,5,7,9H2,1H3,(H,16,17). The summed E-state index contributed by atoms with van der Waals surface area (Å²) in [7, 11) is 0. The minimum absolute atomic E-state index is 0.536. The molecule has 0 aliphatic heterocycles. The van der Waals surface area contributed by atoms with Crippen molar-refractivity contribution in [2.24, 2.45) is 0 Å². The summed E-state index contributed by atoms with van der Waals surface area (Å²) in [6, 6.07) is 5.56. The number of amides is 1. The van der Waals surface area contributed by atoms with Gasteiger partial charge in [0, 0.05) is 12.1 Å². The number of rotatable bonds is 5. The van der Waals surface area contributed by atoms with E-state index in [2.05, 4.69) is 18.2 Å². The summed E-state index contributed by atoms with van der Waals surface area (Å²) < 4.78 is 0. The van der Waals surface area contributed by atoms with Gasteiger partial charge in [0.05, 0.1) is 0 Å². The molecule has 0 aromatic heterocycles. The summed E-state index contributed by atoms with van der Waals surface area (Å²) in [6.45, 7) is 2.11. The maximum absolute atomic E-state index is 10.7. The van der Waals surface area contributed by atoms with Crippen molar-refractivity contribution in [3.63, 3.8) is 0 Å². The third kappa shape index (κ3) is 3.84. The van der Waals surface area contributed by atoms with Crippen molar-refractivity contribution in [2.45, 2.75) is 32.6 Å². The Morgan fingerprint density at radius 3 is 2.88 bits per heavy atom. The topological polar surface area (TPSA) is 49.3 Å². The number of anilines is 1. The highest BCUT2D eigenvalue weighted by Crippen LogP contribution is 2.22. The highest BCUT2D eigenvalue weighted by atomic mass is 16.4. The average molecular weight is 231 g/mol. The van der Waals surface area contributed by atoms with Crippen LogP contribution in [0.4, 0.5) is 10.5 Å². The van der Waals surface area contributed by atoms with E-state index in [1.54, 1.807) is 6.07 Å². The van der Waals surface area contributed by atoms with Gasteiger partial charge in [0.25, 0.3) is 0 Å². The van der Waals surface area contributed by atoms with E-state index in [1.807, 2.05) is 12.1 Å². The Morgan fingerprint density at radius 1 is 1.53 bits per heavy atom. The van der Waals surface area contributed by atoms with Crippen molar-refractivity contribution < 1.29 is 9.90 Å². The van der Waals surface area contributed by atoms with Crippen LogP contribution >= 0.6 is 0 Å². The molecule has 17 heavy (non-hydrogen) atoms. The monoisotopic (exact) mass is 231 g/mol. The molecule has 3 nitrogen and oxygen atoms in total. The van der Waals surface area contributed by atoms with Crippen molar-refractivity contribution in [1.82, 2.24) is 0 Å². The number of carbonyl (C=O) groups is 1. The van der Waals surface area contributed by atoms with Gasteiger partial charge in [-0.25, -0.2) is 4.79 Å². The predicted octanol–water partition coefficient (Wildman–Crippen LogP) is 3.29. The first-order valence-corrected chi connectivity index (χ1v) is 5.73. The zero-order chi connectivity index (χ0) is 12.7. The van der Waals surface area contributed by atoms with Crippen LogP contribution in [0.1, 0.15) is 30.9 Å². The maximum atomic E-state index is 10.7. The SMILES string of the molecule is C#CCc1cccc(NC(=O)O)c1CCCC. The Bertz CT molecular complexity index is 432. The largest absolute Gasteiger partial charge is 0.465 e. The summed E-state index contributed by atoms with van der Waals surface area (Å²) in [6.07, 6.45) is 7.76. The van der Waals surface area contributed by atoms with Crippen LogP contribution < -0.4 is 5.32 Å². The van der Waals surface area contributed by atoms with Gasteiger partial charge in [0.1, 0.15) is 0 Å². The quantitative estimate of drug-likeness (QED) is 0.764. The van der Waals surface area contributed by atoms with Gasteiger partial charge in [-0.1, -0.05) is 25.5 Å². The molecular weight excluding hydrogens is 214 g/mol. The Labute approximate surface area is 102 Å². The fraction of sp³-hybridized carbons (Fsp3) is 0.357. The zero-order valence-corrected chi connectivity index (χ0v) is 9.99. The molecule has 0 aliphatic rings. The predicted molar refractivity (Wildman–Crippen MR) is 69.2 cm³/mol. The Balaban J connectivity index is 3.05. The van der Waals surface area contributed by atoms with Gasteiger partial charge in [-0.2, -0.15) is 0 Å². The third-order valence-corrected chi connectivity index (χ3v) is 2.59. The van der Waals surface area contributed by atoms with Crippen LogP contribution in [-0.4, -0.2) is 11.2 Å². The van der Waals surface area contributed by atoms with E-state index in [1.165, 1.54) is 0 Å². The van der Waals surface area contributed by atoms with Crippen LogP contribution in [0.15, 0.2) is 18.2 Å². The summed E-state index contributed by atoms with van der Waals surface area (Å²) in [5, 5.41) is 11.2. The van der Waals surface area contributed by atoms with Crippen LogP contribution in [0.2, 0.25) is 0 Å². The second-order valence-electron chi connectivity index (χ2n) is 3.86. The molecule has 2 N–H and O–H groups in total. The molecule has 0 bridgehead atoms. The molecule has 1 aromatic rings. The number of benzene rings is 1. The first-order valence-electron chi connectivity index (χ1n) is 5.73. The second-order valence-corrected chi connectivity index (χ2v) is 3.86. The maximum Gasteiger partial charge on any atom is 0.409 e. The molecule has 0 atom stereocenters. The lowest BCUT2D eigenvalue weighted by Crippen LogP contribution is -2.10. The molecule has 3 heteroatoms. The molecule has 0 spiro atoms. The Morgan fingerprint density at radius 2 is 2.29 bits per heavy atom. The molecule has 0 unspecified atom stereocenters. The fourth-order valence-electron chi connectivity index (χ4n) is 1.79. The molecule has 1 amide bonds. The lowest BCUT2D eigenvalue weighted by atomic mass is 9.98. The number of unbranched alkanes of at least 4 members (excludes halogenated alkanes) is 1. The summed E-state index contributed by atoms with van der Waals surface area (Å²) in [5.74, 6) is 2.61. The van der Waals surface area contributed by atoms with Gasteiger partial charge in [-0.3, -0.25) is 5.32 Å². The minimum atomic E-state index is -1.04. The van der Waals surface area contributed by atoms with E-state index < -0.39 is 6.09 Å². The van der Waals surface area contributed by atoms with Crippen LogP contribution in [0.25, 0.3) is 0 Å². The van der Waals surface area contributed by atoms with Gasteiger partial charge < -0.3 is 5.11 Å². The van der Waals surface area contributed by atoms with Gasteiger partial charge in [0.2, 0.25) is 0 Å². The van der Waals surface area contributed by atoms with Crippen molar-refractivity contribution >= 4 is 11.8 Å². The van der Waals surface area contributed by atoms with E-state index in [0.29, 0.717) is 12.1 Å². The minimum Gasteiger partial charge on any atom is -0.465 e. The molecule has 90 valence electrons. The lowest BCUT2D eigenvalue weighted by molar-refractivity contribution is 0.209. The van der Waals surface area contributed by atoms with Crippen LogP contribution in [-0.2, 0) is 12.8 Å². The molecule has 0 radical (unpaired) electrons. The highest BCUT2D eigenvalue weighted by molar-refractivity contribution is 5.84. The first-order chi connectivity index (χ1) is 8.19. The molecule has 0 fully saturated rings. The van der Waals surface area contributed by atoms with Crippen LogP contribution in [0, 0.1) is 12.3 Å². The van der Waals surface area contributed by atoms with Crippen molar-refractivity contribution in [3.05, 3.63) is 29.3 Å². The number of carboxylic acid groups (broad SMARTS) is 1. The van der Waals surface area contributed by atoms with Crippen molar-refractivity contribution in [2.75, 3.05) is 5.32 Å². The van der Waals surface area contributed by atoms with Gasteiger partial charge in [0.15, 0.2) is 0 Å². The van der Waals surface area contributed by atoms with E-state index in [9.17, 15) is 4.79 Å². The van der Waals surface area contributed by atoms with Crippen LogP contribution in [0.3, 0.4) is 0 Å². The summed E-state index contributed by atoms with van der Waals surface area (Å²) >= 11 is 0. The van der Waals surface area contributed by atoms with Crippen molar-refractivity contribution in [1.29, 1.82) is 0 Å². The molecule has 0 aliphatic carbocycles. The lowest BCUT2D eigenvalue weighted by Gasteiger charge is -2.13. The first kappa shape index (κ1) is 13.1. The van der Waals surface area contributed by atoms with Crippen LogP contribution in [0.5, 0.6) is 0 Å². The highest BCUT2D eigenvalue weighted by Gasteiger charge is 2.09. The molecule has 1 aromatic carbocycles. The number of terminal acetylenes is 1. The zero-order valence-electron chi connectivity index (χ0n) is 9.99. The normalized spacial score (nSPS) is 9.65. The second kappa shape index (κ2) is 6.59. The van der Waals surface area contributed by atoms with E-state index >= 15 is 0 Å². The molecule has 0 heterocycles. The van der Waals surface area contributed by atoms with Gasteiger partial charge in [-0.05, 0) is 30.0 Å². The Hall–Kier alpha value is -1.95. The number of nitrogens with one attached hydrogen (secondary N) is 1. The van der Waals surface area contributed by atoms with E-state index in [-0.39, 0.29) is 0 Å². The molecule has 1 rings (SSSR count). The Kier molecular flexibility index (Phi) is 5.09. The molecular formula is C14H17NO2. The smallest absolute Gasteiger partial charge is 0.409 e. The number of hydrogen-bond acceptors (Lipinski definition) is 1. The summed E-state index contributed by atoms with van der Waals surface area (Å²) in [4.78, 5) is 10.7. The third-order valence-electron chi connectivity index (χ3n) is 2.59. The van der Waals surface area contributed by atoms with Gasteiger partial charge in [-0.15, -0.1) is 12.3 Å².